The molecule has 0 aliphatic rings. The van der Waals surface area contributed by atoms with Crippen LogP contribution in [0.3, 0.4) is 0 Å². The van der Waals surface area contributed by atoms with Gasteiger partial charge >= 0.3 is 0 Å². The molecule has 2 heteroatoms. The van der Waals surface area contributed by atoms with E-state index in [1.165, 1.54) is 63.4 Å². The predicted octanol–water partition coefficient (Wildman–Crippen LogP) is 5.29. The Morgan fingerprint density at radius 1 is 1.05 bits per heavy atom. The minimum Gasteiger partial charge on any atom is -0.264 e. The van der Waals surface area contributed by atoms with Gasteiger partial charge in [0.15, 0.2) is 0 Å². The van der Waals surface area contributed by atoms with E-state index in [1.54, 1.807) is 0 Å². The smallest absolute Gasteiger partial charge is 0.0652 e. The summed E-state index contributed by atoms with van der Waals surface area (Å²) in [5, 5.41) is 8.69. The molecule has 0 bridgehead atoms. The van der Waals surface area contributed by atoms with Crippen molar-refractivity contribution < 1.29 is 0 Å². The first-order chi connectivity index (χ1) is 9.83. The highest BCUT2D eigenvalue weighted by atomic mass is 14.6. The standard InChI is InChI=1S/C18H28N2/c1-17(15-19)11-8-6-4-2-3-5-7-9-12-18-13-10-14-20-16-18/h10,13-14,16-17H,2-9,11-12H2,1H3. The average Bonchev–Trinajstić information content (AvgIpc) is 2.50. The topological polar surface area (TPSA) is 36.7 Å². The maximum Gasteiger partial charge on any atom is 0.0652 e. The van der Waals surface area contributed by atoms with Gasteiger partial charge < -0.3 is 0 Å². The van der Waals surface area contributed by atoms with Gasteiger partial charge in [0.05, 0.1) is 6.07 Å². The van der Waals surface area contributed by atoms with Crippen molar-refractivity contribution in [3.05, 3.63) is 30.1 Å². The summed E-state index contributed by atoms with van der Waals surface area (Å²) >= 11 is 0. The minimum atomic E-state index is 0.238. The highest BCUT2D eigenvalue weighted by molar-refractivity contribution is 5.08. The van der Waals surface area contributed by atoms with Gasteiger partial charge in [-0.3, -0.25) is 4.98 Å². The van der Waals surface area contributed by atoms with Crippen LogP contribution in [0, 0.1) is 17.2 Å². The molecule has 1 aromatic heterocycles. The van der Waals surface area contributed by atoms with Gasteiger partial charge in [-0.15, -0.1) is 0 Å². The molecular formula is C18H28N2. The van der Waals surface area contributed by atoms with Crippen LogP contribution in [0.2, 0.25) is 0 Å². The fraction of sp³-hybridized carbons (Fsp3) is 0.667. The van der Waals surface area contributed by atoms with Crippen LogP contribution >= 0.6 is 0 Å². The summed E-state index contributed by atoms with van der Waals surface area (Å²) in [5.41, 5.74) is 1.36. The average molecular weight is 272 g/mol. The van der Waals surface area contributed by atoms with Crippen LogP contribution in [-0.4, -0.2) is 4.98 Å². The summed E-state index contributed by atoms with van der Waals surface area (Å²) in [6.07, 6.45) is 16.6. The normalized spacial score (nSPS) is 12.0. The molecule has 0 saturated carbocycles. The van der Waals surface area contributed by atoms with E-state index >= 15 is 0 Å². The molecule has 1 rings (SSSR count). The first-order valence-corrected chi connectivity index (χ1v) is 8.11. The minimum absolute atomic E-state index is 0.238. The summed E-state index contributed by atoms with van der Waals surface area (Å²) in [6, 6.07) is 6.48. The molecule has 0 N–H and O–H groups in total. The second-order valence-electron chi connectivity index (χ2n) is 5.76. The zero-order valence-electron chi connectivity index (χ0n) is 12.9. The molecule has 20 heavy (non-hydrogen) atoms. The van der Waals surface area contributed by atoms with Gasteiger partial charge in [-0.25, -0.2) is 0 Å². The molecule has 0 saturated heterocycles. The van der Waals surface area contributed by atoms with Gasteiger partial charge in [0.2, 0.25) is 0 Å². The van der Waals surface area contributed by atoms with Crippen molar-refractivity contribution in [3.8, 4) is 6.07 Å². The molecule has 0 aliphatic carbocycles. The van der Waals surface area contributed by atoms with Gasteiger partial charge in [0, 0.05) is 18.3 Å². The van der Waals surface area contributed by atoms with Crippen molar-refractivity contribution in [1.29, 1.82) is 5.26 Å². The lowest BCUT2D eigenvalue weighted by Crippen LogP contribution is -1.90. The number of pyridine rings is 1. The summed E-state index contributed by atoms with van der Waals surface area (Å²) < 4.78 is 0. The van der Waals surface area contributed by atoms with Crippen LogP contribution in [0.15, 0.2) is 24.5 Å². The second-order valence-corrected chi connectivity index (χ2v) is 5.76. The Bertz CT molecular complexity index is 367. The van der Waals surface area contributed by atoms with E-state index in [0.29, 0.717) is 0 Å². The van der Waals surface area contributed by atoms with Crippen LogP contribution in [0.4, 0.5) is 0 Å². The fourth-order valence-corrected chi connectivity index (χ4v) is 2.45. The number of aryl methyl sites for hydroxylation is 1. The van der Waals surface area contributed by atoms with Crippen molar-refractivity contribution in [1.82, 2.24) is 4.98 Å². The maximum atomic E-state index is 8.69. The van der Waals surface area contributed by atoms with E-state index in [2.05, 4.69) is 17.1 Å². The number of unbranched alkanes of at least 4 members (excludes halogenated alkanes) is 7. The van der Waals surface area contributed by atoms with Gasteiger partial charge in [-0.05, 0) is 37.8 Å². The molecule has 2 nitrogen and oxygen atoms in total. The number of hydrogen-bond donors (Lipinski definition) is 0. The summed E-state index contributed by atoms with van der Waals surface area (Å²) in [6.45, 7) is 2.02. The lowest BCUT2D eigenvalue weighted by Gasteiger charge is -2.04. The largest absolute Gasteiger partial charge is 0.264 e. The van der Waals surface area contributed by atoms with Crippen molar-refractivity contribution in [3.63, 3.8) is 0 Å². The Labute approximate surface area is 124 Å². The van der Waals surface area contributed by atoms with Crippen LogP contribution in [0.5, 0.6) is 0 Å². The second kappa shape index (κ2) is 11.5. The molecule has 110 valence electrons. The molecule has 0 fully saturated rings. The lowest BCUT2D eigenvalue weighted by atomic mass is 10.0. The third-order valence-corrected chi connectivity index (χ3v) is 3.80. The Morgan fingerprint density at radius 3 is 2.30 bits per heavy atom. The highest BCUT2D eigenvalue weighted by Crippen LogP contribution is 2.13. The zero-order chi connectivity index (χ0) is 14.5. The third-order valence-electron chi connectivity index (χ3n) is 3.80. The predicted molar refractivity (Wildman–Crippen MR) is 84.3 cm³/mol. The SMILES string of the molecule is CC(C#N)CCCCCCCCCCc1cccnc1. The molecule has 1 aromatic rings. The van der Waals surface area contributed by atoms with Crippen LogP contribution in [0.1, 0.15) is 70.3 Å². The number of nitrogens with zero attached hydrogens (tertiary/aromatic N) is 2. The number of aromatic nitrogens is 1. The quantitative estimate of drug-likeness (QED) is 0.513. The molecular weight excluding hydrogens is 244 g/mol. The van der Waals surface area contributed by atoms with Crippen molar-refractivity contribution in [2.24, 2.45) is 5.92 Å². The van der Waals surface area contributed by atoms with Gasteiger partial charge in [0.1, 0.15) is 0 Å². The lowest BCUT2D eigenvalue weighted by molar-refractivity contribution is 0.534. The molecule has 0 aliphatic heterocycles. The molecule has 0 spiro atoms. The molecule has 1 unspecified atom stereocenters. The van der Waals surface area contributed by atoms with E-state index in [0.717, 1.165) is 6.42 Å². The van der Waals surface area contributed by atoms with Crippen molar-refractivity contribution >= 4 is 0 Å². The van der Waals surface area contributed by atoms with Gasteiger partial charge in [-0.1, -0.05) is 51.0 Å². The van der Waals surface area contributed by atoms with E-state index in [9.17, 15) is 0 Å². The number of nitriles is 1. The first-order valence-electron chi connectivity index (χ1n) is 8.11. The number of hydrogen-bond acceptors (Lipinski definition) is 2. The first kappa shape index (κ1) is 16.7. The monoisotopic (exact) mass is 272 g/mol. The Kier molecular flexibility index (Phi) is 9.57. The summed E-state index contributed by atoms with van der Waals surface area (Å²) in [5.74, 6) is 0.238. The van der Waals surface area contributed by atoms with E-state index in [1.807, 2.05) is 25.4 Å². The molecule has 1 heterocycles. The van der Waals surface area contributed by atoms with Crippen LogP contribution in [-0.2, 0) is 6.42 Å². The summed E-state index contributed by atoms with van der Waals surface area (Å²) in [4.78, 5) is 4.14. The van der Waals surface area contributed by atoms with E-state index in [4.69, 9.17) is 5.26 Å². The van der Waals surface area contributed by atoms with Crippen LogP contribution < -0.4 is 0 Å². The maximum absolute atomic E-state index is 8.69. The fourth-order valence-electron chi connectivity index (χ4n) is 2.45. The highest BCUT2D eigenvalue weighted by Gasteiger charge is 1.98. The molecule has 0 aromatic carbocycles. The van der Waals surface area contributed by atoms with Gasteiger partial charge in [-0.2, -0.15) is 5.26 Å². The zero-order valence-corrected chi connectivity index (χ0v) is 12.9. The Morgan fingerprint density at radius 2 is 1.70 bits per heavy atom. The van der Waals surface area contributed by atoms with E-state index < -0.39 is 0 Å². The number of rotatable bonds is 11. The third kappa shape index (κ3) is 8.69. The molecule has 0 radical (unpaired) electrons. The summed E-state index contributed by atoms with van der Waals surface area (Å²) in [7, 11) is 0. The van der Waals surface area contributed by atoms with Gasteiger partial charge in [0.25, 0.3) is 0 Å². The van der Waals surface area contributed by atoms with Crippen molar-refractivity contribution in [2.45, 2.75) is 71.1 Å². The van der Waals surface area contributed by atoms with Crippen molar-refractivity contribution in [2.75, 3.05) is 0 Å². The van der Waals surface area contributed by atoms with E-state index in [-0.39, 0.29) is 5.92 Å². The molecule has 0 amide bonds. The molecule has 1 atom stereocenters. The Balaban J connectivity index is 1.82. The van der Waals surface area contributed by atoms with Crippen LogP contribution in [0.25, 0.3) is 0 Å². The Hall–Kier alpha value is -1.36.